The summed E-state index contributed by atoms with van der Waals surface area (Å²) in [7, 11) is 1.38. The highest BCUT2D eigenvalue weighted by Gasteiger charge is 2.37. The van der Waals surface area contributed by atoms with Gasteiger partial charge in [-0.25, -0.2) is 14.3 Å². The largest absolute Gasteiger partial charge is 0.465 e. The van der Waals surface area contributed by atoms with E-state index in [9.17, 15) is 14.4 Å². The number of esters is 1. The van der Waals surface area contributed by atoms with E-state index in [2.05, 4.69) is 10.2 Å². The van der Waals surface area contributed by atoms with Crippen LogP contribution in [0.5, 0.6) is 0 Å². The Hall–Kier alpha value is -3.98. The van der Waals surface area contributed by atoms with Crippen LogP contribution >= 0.6 is 0 Å². The molecule has 1 saturated heterocycles. The van der Waals surface area contributed by atoms with Gasteiger partial charge in [0, 0.05) is 38.6 Å². The Balaban J connectivity index is 1.10. The summed E-state index contributed by atoms with van der Waals surface area (Å²) in [6, 6.07) is 17.5. The van der Waals surface area contributed by atoms with Gasteiger partial charge >= 0.3 is 5.97 Å². The lowest BCUT2D eigenvalue weighted by Crippen LogP contribution is -2.55. The molecule has 6 rings (SSSR count). The van der Waals surface area contributed by atoms with E-state index in [0.29, 0.717) is 42.6 Å². The molecule has 0 unspecified atom stereocenters. The van der Waals surface area contributed by atoms with E-state index in [4.69, 9.17) is 9.72 Å². The lowest BCUT2D eigenvalue weighted by Gasteiger charge is -2.41. The Morgan fingerprint density at radius 1 is 1.00 bits per heavy atom. The number of nitrogens with one attached hydrogen (secondary N) is 1. The highest BCUT2D eigenvalue weighted by atomic mass is 16.5. The first-order valence-corrected chi connectivity index (χ1v) is 15.2. The Kier molecular flexibility index (Phi) is 8.37. The summed E-state index contributed by atoms with van der Waals surface area (Å²) in [4.78, 5) is 48.2. The summed E-state index contributed by atoms with van der Waals surface area (Å²) in [5.41, 5.74) is 3.82. The van der Waals surface area contributed by atoms with Crippen molar-refractivity contribution in [3.8, 4) is 5.69 Å². The van der Waals surface area contributed by atoms with Gasteiger partial charge in [0.2, 0.25) is 11.9 Å². The summed E-state index contributed by atoms with van der Waals surface area (Å²) < 4.78 is 6.46. The molecule has 2 fully saturated rings. The van der Waals surface area contributed by atoms with E-state index in [1.54, 1.807) is 16.7 Å². The van der Waals surface area contributed by atoms with Gasteiger partial charge in [-0.2, -0.15) is 0 Å². The molecule has 9 heteroatoms. The monoisotopic (exact) mass is 569 g/mol. The Bertz CT molecular complexity index is 1470. The predicted molar refractivity (Wildman–Crippen MR) is 161 cm³/mol. The van der Waals surface area contributed by atoms with E-state index < -0.39 is 0 Å². The molecule has 2 aliphatic heterocycles. The summed E-state index contributed by atoms with van der Waals surface area (Å²) in [6.45, 7) is 3.18. The quantitative estimate of drug-likeness (QED) is 0.412. The number of ether oxygens (including phenoxy) is 1. The highest BCUT2D eigenvalue weighted by Crippen LogP contribution is 2.26. The first-order chi connectivity index (χ1) is 20.5. The fraction of sp³-hybridized carbons (Fsp3) is 0.455. The standard InChI is InChI=1S/C33H39N5O4/c1-42-32(41)24-14-12-23(13-15-24)16-18-36-20-25(21-36)30(39)37-19-17-29-28(22-37)31(40)38(27-10-6-3-7-11-27)33(35-29)34-26-8-4-2-5-9-26/h3,6-7,10-15,25-26H,2,4-5,8-9,16-22H2,1H3,(H,34,35). The second-order valence-electron chi connectivity index (χ2n) is 11.7. The van der Waals surface area contributed by atoms with Crippen LogP contribution in [-0.2, 0) is 28.9 Å². The van der Waals surface area contributed by atoms with Crippen LogP contribution in [0.15, 0.2) is 59.4 Å². The number of rotatable bonds is 8. The SMILES string of the molecule is COC(=O)c1ccc(CCN2CC(C(=O)N3CCc4nc(NC5CCCCC5)n(-c5ccccc5)c(=O)c4C3)C2)cc1. The zero-order valence-electron chi connectivity index (χ0n) is 24.3. The van der Waals surface area contributed by atoms with Crippen LogP contribution in [-0.4, -0.2) is 70.6 Å². The van der Waals surface area contributed by atoms with Gasteiger partial charge in [0.05, 0.1) is 42.1 Å². The maximum Gasteiger partial charge on any atom is 0.337 e. The number of carbonyl (C=O) groups is 2. The van der Waals surface area contributed by atoms with Gasteiger partial charge < -0.3 is 19.9 Å². The molecular formula is C33H39N5O4. The van der Waals surface area contributed by atoms with Crippen LogP contribution < -0.4 is 10.9 Å². The molecule has 3 aliphatic rings. The number of para-hydroxylation sites is 1. The summed E-state index contributed by atoms with van der Waals surface area (Å²) in [5, 5.41) is 3.59. The van der Waals surface area contributed by atoms with Crippen molar-refractivity contribution < 1.29 is 14.3 Å². The number of benzene rings is 2. The fourth-order valence-corrected chi connectivity index (χ4v) is 6.39. The van der Waals surface area contributed by atoms with Crippen molar-refractivity contribution in [3.05, 3.63) is 87.3 Å². The molecule has 0 spiro atoms. The molecule has 1 N–H and O–H groups in total. The number of carbonyl (C=O) groups excluding carboxylic acids is 2. The third-order valence-electron chi connectivity index (χ3n) is 8.89. The Morgan fingerprint density at radius 3 is 2.45 bits per heavy atom. The highest BCUT2D eigenvalue weighted by molar-refractivity contribution is 5.89. The third kappa shape index (κ3) is 5.97. The van der Waals surface area contributed by atoms with Crippen LogP contribution in [0.3, 0.4) is 0 Å². The normalized spacial score (nSPS) is 17.8. The smallest absolute Gasteiger partial charge is 0.337 e. The number of anilines is 1. The molecule has 1 amide bonds. The second kappa shape index (κ2) is 12.5. The number of fused-ring (bicyclic) bond motifs is 1. The molecule has 3 aromatic rings. The van der Waals surface area contributed by atoms with Crippen molar-refractivity contribution in [1.82, 2.24) is 19.4 Å². The maximum absolute atomic E-state index is 14.0. The van der Waals surface area contributed by atoms with Crippen LogP contribution in [0.2, 0.25) is 0 Å². The minimum Gasteiger partial charge on any atom is -0.465 e. The van der Waals surface area contributed by atoms with E-state index in [0.717, 1.165) is 55.8 Å². The van der Waals surface area contributed by atoms with Crippen molar-refractivity contribution in [2.75, 3.05) is 38.6 Å². The number of likely N-dealkylation sites (tertiary alicyclic amines) is 1. The number of aromatic nitrogens is 2. The molecule has 1 saturated carbocycles. The predicted octanol–water partition coefficient (Wildman–Crippen LogP) is 3.82. The molecular weight excluding hydrogens is 530 g/mol. The van der Waals surface area contributed by atoms with Gasteiger partial charge in [-0.05, 0) is 49.1 Å². The van der Waals surface area contributed by atoms with Gasteiger partial charge in [0.1, 0.15) is 0 Å². The Labute approximate surface area is 246 Å². The molecule has 0 bridgehead atoms. The number of methoxy groups -OCH3 is 1. The number of nitrogens with zero attached hydrogens (tertiary/aromatic N) is 4. The third-order valence-corrected chi connectivity index (χ3v) is 8.89. The minimum atomic E-state index is -0.336. The maximum atomic E-state index is 14.0. The van der Waals surface area contributed by atoms with Gasteiger partial charge in [0.15, 0.2) is 0 Å². The van der Waals surface area contributed by atoms with E-state index >= 15 is 0 Å². The zero-order valence-corrected chi connectivity index (χ0v) is 24.3. The summed E-state index contributed by atoms with van der Waals surface area (Å²) >= 11 is 0. The van der Waals surface area contributed by atoms with E-state index in [1.165, 1.54) is 26.4 Å². The fourth-order valence-electron chi connectivity index (χ4n) is 6.39. The van der Waals surface area contributed by atoms with E-state index in [1.807, 2.05) is 47.4 Å². The summed E-state index contributed by atoms with van der Waals surface area (Å²) in [5.74, 6) is 0.350. The second-order valence-corrected chi connectivity index (χ2v) is 11.7. The van der Waals surface area contributed by atoms with E-state index in [-0.39, 0.29) is 23.4 Å². The van der Waals surface area contributed by atoms with Crippen molar-refractivity contribution in [2.45, 2.75) is 57.5 Å². The molecule has 2 aromatic carbocycles. The lowest BCUT2D eigenvalue weighted by molar-refractivity contribution is -0.142. The Morgan fingerprint density at radius 2 is 1.74 bits per heavy atom. The average molecular weight is 570 g/mol. The van der Waals surface area contributed by atoms with Gasteiger partial charge in [-0.15, -0.1) is 0 Å². The van der Waals surface area contributed by atoms with Crippen molar-refractivity contribution >= 4 is 17.8 Å². The molecule has 3 heterocycles. The van der Waals surface area contributed by atoms with Gasteiger partial charge in [0.25, 0.3) is 5.56 Å². The first-order valence-electron chi connectivity index (χ1n) is 15.2. The molecule has 220 valence electrons. The number of hydrogen-bond donors (Lipinski definition) is 1. The first kappa shape index (κ1) is 28.2. The van der Waals surface area contributed by atoms with Crippen molar-refractivity contribution in [3.63, 3.8) is 0 Å². The average Bonchev–Trinajstić information content (AvgIpc) is 3.01. The molecule has 0 radical (unpaired) electrons. The molecule has 9 nitrogen and oxygen atoms in total. The van der Waals surface area contributed by atoms with Crippen molar-refractivity contribution in [2.24, 2.45) is 5.92 Å². The number of amides is 1. The van der Waals surface area contributed by atoms with Crippen LogP contribution in [0.25, 0.3) is 5.69 Å². The number of hydrogen-bond acceptors (Lipinski definition) is 7. The summed E-state index contributed by atoms with van der Waals surface area (Å²) in [6.07, 6.45) is 7.25. The molecule has 1 aromatic heterocycles. The zero-order chi connectivity index (χ0) is 29.1. The molecule has 42 heavy (non-hydrogen) atoms. The molecule has 1 aliphatic carbocycles. The lowest BCUT2D eigenvalue weighted by atomic mass is 9.95. The van der Waals surface area contributed by atoms with Crippen LogP contribution in [0, 0.1) is 5.92 Å². The minimum absolute atomic E-state index is 0.0511. The van der Waals surface area contributed by atoms with Gasteiger partial charge in [-0.1, -0.05) is 49.6 Å². The van der Waals surface area contributed by atoms with Crippen molar-refractivity contribution in [1.29, 1.82) is 0 Å². The van der Waals surface area contributed by atoms with Gasteiger partial charge in [-0.3, -0.25) is 9.59 Å². The van der Waals surface area contributed by atoms with Crippen LogP contribution in [0.4, 0.5) is 5.95 Å². The topological polar surface area (TPSA) is 96.8 Å². The van der Waals surface area contributed by atoms with Crippen LogP contribution in [0.1, 0.15) is 59.3 Å². The molecule has 0 atom stereocenters.